The Morgan fingerprint density at radius 3 is 2.05 bits per heavy atom. The zero-order chi connectivity index (χ0) is 47.1. The Morgan fingerprint density at radius 1 is 0.766 bits per heavy atom. The average molecular weight is 909 g/mol. The first-order valence-corrected chi connectivity index (χ1v) is 23.7. The number of rotatable bonds is 11. The normalized spacial score (nSPS) is 48.1. The highest BCUT2D eigenvalue weighted by molar-refractivity contribution is 5.88. The molecule has 15 heteroatoms. The van der Waals surface area contributed by atoms with Crippen LogP contribution in [0.5, 0.6) is 0 Å². The lowest BCUT2D eigenvalue weighted by Gasteiger charge is -2.63. The molecule has 15 unspecified atom stereocenters. The van der Waals surface area contributed by atoms with Gasteiger partial charge in [0, 0.05) is 58.2 Å². The third kappa shape index (κ3) is 9.58. The maximum Gasteiger partial charge on any atom is 0.333 e. The van der Waals surface area contributed by atoms with Gasteiger partial charge in [-0.2, -0.15) is 0 Å². The molecule has 6 fully saturated rings. The largest absolute Gasteiger partial charge is 0.458 e. The number of hydrogen-bond acceptors (Lipinski definition) is 15. The monoisotopic (exact) mass is 909 g/mol. The highest BCUT2D eigenvalue weighted by Crippen LogP contribution is 2.68. The first-order valence-electron chi connectivity index (χ1n) is 23.7. The van der Waals surface area contributed by atoms with Crippen molar-refractivity contribution in [3.63, 3.8) is 0 Å². The number of carbonyl (C=O) groups excluding carboxylic acids is 2. The fraction of sp³-hybridized carbons (Fsp3) is 0.878. The van der Waals surface area contributed by atoms with Crippen LogP contribution in [-0.2, 0) is 57.0 Å². The first kappa shape index (κ1) is 51.5. The fourth-order valence-electron chi connectivity index (χ4n) is 12.8. The molecule has 3 aliphatic heterocycles. The van der Waals surface area contributed by atoms with Crippen molar-refractivity contribution >= 4 is 11.8 Å². The summed E-state index contributed by atoms with van der Waals surface area (Å²) in [6, 6.07) is 0. The Morgan fingerprint density at radius 2 is 1.42 bits per heavy atom. The number of methoxy groups -OCH3 is 4. The van der Waals surface area contributed by atoms with E-state index in [0.717, 1.165) is 32.1 Å². The van der Waals surface area contributed by atoms with Crippen molar-refractivity contribution in [2.75, 3.05) is 28.4 Å². The summed E-state index contributed by atoms with van der Waals surface area (Å²) in [4.78, 5) is 25.6. The fourth-order valence-corrected chi connectivity index (χ4v) is 12.8. The molecule has 0 aromatic heterocycles. The number of esters is 1. The summed E-state index contributed by atoms with van der Waals surface area (Å²) in [6.45, 7) is 17.1. The maximum atomic E-state index is 12.9. The summed E-state index contributed by atoms with van der Waals surface area (Å²) >= 11 is 0. The van der Waals surface area contributed by atoms with Gasteiger partial charge < -0.3 is 62.7 Å². The molecule has 3 heterocycles. The minimum Gasteiger partial charge on any atom is -0.458 e. The Kier molecular flexibility index (Phi) is 16.7. The minimum absolute atomic E-state index is 0.0381. The molecule has 366 valence electrons. The second kappa shape index (κ2) is 20.8. The molecule has 4 aliphatic carbocycles. The van der Waals surface area contributed by atoms with E-state index in [1.165, 1.54) is 12.7 Å². The van der Waals surface area contributed by atoms with Crippen LogP contribution in [0.1, 0.15) is 120 Å². The van der Waals surface area contributed by atoms with Gasteiger partial charge in [0.25, 0.3) is 0 Å². The standard InChI is InChI=1S/C27H40O5.C22H40O10/c1-7-16(2)24(29)32-23-15-22-21(27(30)13-11-20(17(3)28)26(23,27)5)9-8-18-14-19(31-6)10-12-25(18,22)4;1-10-8-14(25-5)19(12(3)28-10)31-16-9-15(26-6)20(13(4)29-16)32-22-18(24)21(27-7)17(23)11(2)30-22/h7-8,19-23,30H,9-15H2,1-6H3;10-24H,8-9H2,1-7H3/b16-7+;/t19-,20+,21?,22?,23+,25-,26-,27-;/m0./s1. The number of fused-ring (bicyclic) bond motifs is 5. The van der Waals surface area contributed by atoms with Crippen LogP contribution < -0.4 is 0 Å². The van der Waals surface area contributed by atoms with Crippen LogP contribution >= 0.6 is 0 Å². The van der Waals surface area contributed by atoms with Gasteiger partial charge in [0.05, 0.1) is 48.3 Å². The lowest BCUT2D eigenvalue weighted by atomic mass is 9.45. The van der Waals surface area contributed by atoms with Gasteiger partial charge in [0.15, 0.2) is 12.6 Å². The molecule has 0 amide bonds. The molecule has 7 rings (SSSR count). The van der Waals surface area contributed by atoms with Crippen molar-refractivity contribution in [3.8, 4) is 0 Å². The van der Waals surface area contributed by atoms with E-state index in [0.29, 0.717) is 31.3 Å². The van der Waals surface area contributed by atoms with Gasteiger partial charge in [-0.3, -0.25) is 4.79 Å². The van der Waals surface area contributed by atoms with Gasteiger partial charge in [-0.25, -0.2) is 4.79 Å². The Hall–Kier alpha value is -1.86. The molecule has 7 aliphatic rings. The van der Waals surface area contributed by atoms with Gasteiger partial charge in [0.2, 0.25) is 0 Å². The predicted molar refractivity (Wildman–Crippen MR) is 235 cm³/mol. The summed E-state index contributed by atoms with van der Waals surface area (Å²) in [6.07, 6.45) is 4.06. The molecule has 15 nitrogen and oxygen atoms in total. The first-order chi connectivity index (χ1) is 30.2. The van der Waals surface area contributed by atoms with Crippen molar-refractivity contribution in [2.45, 2.75) is 218 Å². The van der Waals surface area contributed by atoms with Crippen LogP contribution in [0.3, 0.4) is 0 Å². The number of aliphatic hydroxyl groups excluding tert-OH is 2. The van der Waals surface area contributed by atoms with Gasteiger partial charge in [-0.15, -0.1) is 0 Å². The highest BCUT2D eigenvalue weighted by Gasteiger charge is 2.71. The van der Waals surface area contributed by atoms with Gasteiger partial charge in [-0.1, -0.05) is 31.6 Å². The smallest absolute Gasteiger partial charge is 0.333 e. The van der Waals surface area contributed by atoms with Crippen LogP contribution in [0.15, 0.2) is 23.3 Å². The summed E-state index contributed by atoms with van der Waals surface area (Å²) < 4.78 is 58.6. The molecular weight excluding hydrogens is 829 g/mol. The molecule has 0 radical (unpaired) electrons. The Balaban J connectivity index is 0.000000213. The third-order valence-electron chi connectivity index (χ3n) is 16.9. The van der Waals surface area contributed by atoms with E-state index in [2.05, 4.69) is 13.0 Å². The van der Waals surface area contributed by atoms with Crippen LogP contribution in [0, 0.1) is 28.6 Å². The van der Waals surface area contributed by atoms with Gasteiger partial charge >= 0.3 is 5.97 Å². The summed E-state index contributed by atoms with van der Waals surface area (Å²) in [5, 5.41) is 33.2. The molecule has 3 saturated carbocycles. The Labute approximate surface area is 381 Å². The topological polar surface area (TPSA) is 187 Å². The SMILES string of the molecule is C/C=C(\C)C(=O)O[C@@H]1CC2C(CC=C3C[C@@H](OC)CC[C@@]32C)[C@@]2(O)CC[C@H](C(C)=O)[C@@]12C.COC1CC(C)OC(C)C1OC1CC(OC)C(OC2OC(C)C(O)C(OC)C2O)C(C)O1. The zero-order valence-corrected chi connectivity index (χ0v) is 40.7. The highest BCUT2D eigenvalue weighted by atomic mass is 16.7. The second-order valence-electron chi connectivity index (χ2n) is 20.2. The van der Waals surface area contributed by atoms with E-state index in [9.17, 15) is 24.9 Å². The van der Waals surface area contributed by atoms with Crippen LogP contribution in [0.2, 0.25) is 0 Å². The molecule has 3 N–H and O–H groups in total. The van der Waals surface area contributed by atoms with Gasteiger partial charge in [-0.05, 0) is 111 Å². The van der Waals surface area contributed by atoms with Crippen molar-refractivity contribution < 1.29 is 72.3 Å². The maximum absolute atomic E-state index is 12.9. The number of hydrogen-bond donors (Lipinski definition) is 3. The number of aliphatic hydroxyl groups is 3. The lowest BCUT2D eigenvalue weighted by Crippen LogP contribution is -2.66. The zero-order valence-electron chi connectivity index (χ0n) is 40.7. The molecule has 0 aromatic rings. The second-order valence-corrected chi connectivity index (χ2v) is 20.2. The quantitative estimate of drug-likeness (QED) is 0.136. The lowest BCUT2D eigenvalue weighted by molar-refractivity contribution is -0.347. The van der Waals surface area contributed by atoms with Crippen molar-refractivity contribution in [1.29, 1.82) is 0 Å². The summed E-state index contributed by atoms with van der Waals surface area (Å²) in [5.74, 6) is -0.257. The average Bonchev–Trinajstić information content (AvgIpc) is 3.56. The van der Waals surface area contributed by atoms with E-state index in [1.807, 2.05) is 34.6 Å². The molecule has 3 saturated heterocycles. The summed E-state index contributed by atoms with van der Waals surface area (Å²) in [5.41, 5.74) is 0.163. The minimum atomic E-state index is -1.16. The number of carbonyl (C=O) groups is 2. The van der Waals surface area contributed by atoms with E-state index < -0.39 is 66.3 Å². The Bertz CT molecular complexity index is 1670. The number of Topliss-reactive ketones (excluding diaryl/α,β-unsaturated/α-hetero) is 1. The van der Waals surface area contributed by atoms with E-state index in [4.69, 9.17) is 47.4 Å². The van der Waals surface area contributed by atoms with E-state index in [-0.39, 0.29) is 71.5 Å². The molecule has 0 aromatic carbocycles. The van der Waals surface area contributed by atoms with Gasteiger partial charge in [0.1, 0.15) is 42.4 Å². The molecule has 0 spiro atoms. The van der Waals surface area contributed by atoms with Crippen molar-refractivity contribution in [2.24, 2.45) is 28.6 Å². The van der Waals surface area contributed by atoms with Crippen LogP contribution in [0.4, 0.5) is 0 Å². The molecule has 0 bridgehead atoms. The molecule has 21 atom stereocenters. The predicted octanol–water partition coefficient (Wildman–Crippen LogP) is 5.37. The van der Waals surface area contributed by atoms with Crippen molar-refractivity contribution in [3.05, 3.63) is 23.3 Å². The summed E-state index contributed by atoms with van der Waals surface area (Å²) in [7, 11) is 6.50. The van der Waals surface area contributed by atoms with E-state index >= 15 is 0 Å². The number of ketones is 1. The molecule has 64 heavy (non-hydrogen) atoms. The molecular formula is C49H80O15. The number of ether oxygens (including phenoxy) is 10. The van der Waals surface area contributed by atoms with E-state index in [1.54, 1.807) is 48.2 Å². The van der Waals surface area contributed by atoms with Crippen molar-refractivity contribution in [1.82, 2.24) is 0 Å². The third-order valence-corrected chi connectivity index (χ3v) is 16.9. The van der Waals surface area contributed by atoms with Crippen LogP contribution in [-0.4, -0.2) is 153 Å². The van der Waals surface area contributed by atoms with Crippen LogP contribution in [0.25, 0.3) is 0 Å². The number of allylic oxidation sites excluding steroid dienone is 2.